The molecule has 2 aromatic heterocycles. The maximum atomic E-state index is 5.86. The number of imidazole rings is 1. The van der Waals surface area contributed by atoms with E-state index in [-0.39, 0.29) is 0 Å². The highest BCUT2D eigenvalue weighted by Crippen LogP contribution is 2.24. The van der Waals surface area contributed by atoms with Gasteiger partial charge in [-0.1, -0.05) is 37.6 Å². The first kappa shape index (κ1) is 11.3. The molecule has 0 aliphatic rings. The average molecular weight is 257 g/mol. The van der Waals surface area contributed by atoms with Crippen LogP contribution in [0.15, 0.2) is 35.8 Å². The summed E-state index contributed by atoms with van der Waals surface area (Å²) in [6.45, 7) is 2.19. The van der Waals surface area contributed by atoms with Gasteiger partial charge in [-0.05, 0) is 12.0 Å². The molecule has 3 aromatic rings. The molecule has 4 heteroatoms. The minimum atomic E-state index is 0.747. The molecule has 0 aliphatic carbocycles. The van der Waals surface area contributed by atoms with Gasteiger partial charge in [0.1, 0.15) is 5.82 Å². The number of aryl methyl sites for hydroxylation is 1. The Morgan fingerprint density at radius 3 is 2.72 bits per heavy atom. The molecule has 2 heterocycles. The van der Waals surface area contributed by atoms with E-state index in [1.165, 1.54) is 12.0 Å². The summed E-state index contributed by atoms with van der Waals surface area (Å²) >= 11 is 1.57. The molecule has 18 heavy (non-hydrogen) atoms. The maximum absolute atomic E-state index is 5.86. The largest absolute Gasteiger partial charge is 0.384 e. The quantitative estimate of drug-likeness (QED) is 0.779. The molecule has 0 atom stereocenters. The smallest absolute Gasteiger partial charge is 0.195 e. The van der Waals surface area contributed by atoms with Crippen molar-refractivity contribution in [2.75, 3.05) is 5.73 Å². The van der Waals surface area contributed by atoms with Crippen molar-refractivity contribution in [1.29, 1.82) is 0 Å². The number of rotatable bonds is 3. The predicted octanol–water partition coefficient (Wildman–Crippen LogP) is 3.60. The summed E-state index contributed by atoms with van der Waals surface area (Å²) in [5.74, 6) is 0.747. The van der Waals surface area contributed by atoms with E-state index >= 15 is 0 Å². The van der Waals surface area contributed by atoms with E-state index in [4.69, 9.17) is 5.73 Å². The Bertz CT molecular complexity index is 664. The second-order valence-corrected chi connectivity index (χ2v) is 5.22. The number of nitrogen functional groups attached to an aromatic ring is 1. The predicted molar refractivity (Wildman–Crippen MR) is 76.9 cm³/mol. The zero-order valence-electron chi connectivity index (χ0n) is 10.3. The lowest BCUT2D eigenvalue weighted by molar-refractivity contribution is 0.922. The number of hydrogen-bond donors (Lipinski definition) is 1. The lowest BCUT2D eigenvalue weighted by atomic mass is 10.1. The van der Waals surface area contributed by atoms with E-state index in [1.807, 2.05) is 16.0 Å². The lowest BCUT2D eigenvalue weighted by Gasteiger charge is -2.00. The van der Waals surface area contributed by atoms with Gasteiger partial charge >= 0.3 is 0 Å². The van der Waals surface area contributed by atoms with Crippen LogP contribution < -0.4 is 5.73 Å². The topological polar surface area (TPSA) is 43.3 Å². The van der Waals surface area contributed by atoms with Crippen molar-refractivity contribution in [3.8, 4) is 11.3 Å². The minimum Gasteiger partial charge on any atom is -0.384 e. The van der Waals surface area contributed by atoms with Gasteiger partial charge in [0.25, 0.3) is 0 Å². The molecule has 0 unspecified atom stereocenters. The second kappa shape index (κ2) is 4.46. The molecule has 0 bridgehead atoms. The molecular formula is C14H15N3S. The van der Waals surface area contributed by atoms with Crippen LogP contribution in [0.4, 0.5) is 5.82 Å². The van der Waals surface area contributed by atoms with Gasteiger partial charge in [0, 0.05) is 17.1 Å². The first-order chi connectivity index (χ1) is 8.78. The number of thiazole rings is 1. The molecule has 3 rings (SSSR count). The molecule has 0 aliphatic heterocycles. The second-order valence-electron chi connectivity index (χ2n) is 4.39. The fourth-order valence-electron chi connectivity index (χ4n) is 2.07. The summed E-state index contributed by atoms with van der Waals surface area (Å²) in [6, 6.07) is 8.62. The van der Waals surface area contributed by atoms with Gasteiger partial charge in [-0.15, -0.1) is 11.3 Å². The molecule has 0 spiro atoms. The highest BCUT2D eigenvalue weighted by atomic mass is 32.1. The number of benzene rings is 1. The van der Waals surface area contributed by atoms with Crippen molar-refractivity contribution in [2.45, 2.75) is 19.8 Å². The zero-order chi connectivity index (χ0) is 12.5. The number of anilines is 1. The molecular weight excluding hydrogens is 242 g/mol. The number of nitrogens with zero attached hydrogens (tertiary/aromatic N) is 2. The number of nitrogens with two attached hydrogens (primary N) is 1. The lowest BCUT2D eigenvalue weighted by Crippen LogP contribution is -1.88. The van der Waals surface area contributed by atoms with Crippen LogP contribution in [-0.4, -0.2) is 9.38 Å². The van der Waals surface area contributed by atoms with Crippen LogP contribution in [-0.2, 0) is 6.42 Å². The van der Waals surface area contributed by atoms with E-state index in [0.717, 1.165) is 28.5 Å². The van der Waals surface area contributed by atoms with Crippen molar-refractivity contribution in [3.05, 3.63) is 41.4 Å². The van der Waals surface area contributed by atoms with Gasteiger partial charge in [-0.3, -0.25) is 4.40 Å². The number of hydrogen-bond acceptors (Lipinski definition) is 3. The SMILES string of the molecule is CCCc1ccc(-c2cn3c(N)csc3n2)cc1. The highest BCUT2D eigenvalue weighted by Gasteiger charge is 2.07. The fraction of sp³-hybridized carbons (Fsp3) is 0.214. The maximum Gasteiger partial charge on any atom is 0.195 e. The van der Waals surface area contributed by atoms with Crippen LogP contribution in [0.2, 0.25) is 0 Å². The zero-order valence-corrected chi connectivity index (χ0v) is 11.1. The van der Waals surface area contributed by atoms with E-state index in [1.54, 1.807) is 11.3 Å². The summed E-state index contributed by atoms with van der Waals surface area (Å²) in [6.07, 6.45) is 4.30. The third-order valence-corrected chi connectivity index (χ3v) is 3.88. The molecule has 1 aromatic carbocycles. The first-order valence-corrected chi connectivity index (χ1v) is 6.97. The molecule has 0 amide bonds. The Morgan fingerprint density at radius 2 is 2.06 bits per heavy atom. The Morgan fingerprint density at radius 1 is 1.28 bits per heavy atom. The van der Waals surface area contributed by atoms with Crippen molar-refractivity contribution in [2.24, 2.45) is 0 Å². The van der Waals surface area contributed by atoms with E-state index < -0.39 is 0 Å². The summed E-state index contributed by atoms with van der Waals surface area (Å²) < 4.78 is 1.93. The Balaban J connectivity index is 1.97. The third-order valence-electron chi connectivity index (χ3n) is 3.03. The van der Waals surface area contributed by atoms with Crippen LogP contribution in [0.3, 0.4) is 0 Å². The van der Waals surface area contributed by atoms with Crippen LogP contribution in [0, 0.1) is 0 Å². The summed E-state index contributed by atoms with van der Waals surface area (Å²) in [7, 11) is 0. The van der Waals surface area contributed by atoms with Gasteiger partial charge < -0.3 is 5.73 Å². The monoisotopic (exact) mass is 257 g/mol. The number of fused-ring (bicyclic) bond motifs is 1. The van der Waals surface area contributed by atoms with Crippen LogP contribution in [0.5, 0.6) is 0 Å². The Kier molecular flexibility index (Phi) is 2.80. The highest BCUT2D eigenvalue weighted by molar-refractivity contribution is 7.15. The minimum absolute atomic E-state index is 0.747. The molecule has 0 saturated carbocycles. The van der Waals surface area contributed by atoms with Crippen molar-refractivity contribution >= 4 is 22.1 Å². The normalized spacial score (nSPS) is 11.2. The van der Waals surface area contributed by atoms with Crippen LogP contribution >= 0.6 is 11.3 Å². The molecule has 2 N–H and O–H groups in total. The molecule has 0 fully saturated rings. The van der Waals surface area contributed by atoms with Crippen LogP contribution in [0.1, 0.15) is 18.9 Å². The fourth-order valence-corrected chi connectivity index (χ4v) is 2.83. The van der Waals surface area contributed by atoms with Crippen molar-refractivity contribution in [1.82, 2.24) is 9.38 Å². The van der Waals surface area contributed by atoms with Crippen LogP contribution in [0.25, 0.3) is 16.2 Å². The van der Waals surface area contributed by atoms with Gasteiger partial charge in [0.15, 0.2) is 4.96 Å². The standard InChI is InChI=1S/C14H15N3S/c1-2-3-10-4-6-11(7-5-10)12-8-17-13(15)9-18-14(17)16-12/h4-9H,2-3,15H2,1H3. The number of aromatic nitrogens is 2. The van der Waals surface area contributed by atoms with Crippen molar-refractivity contribution < 1.29 is 0 Å². The van der Waals surface area contributed by atoms with Gasteiger partial charge in [-0.2, -0.15) is 0 Å². The third kappa shape index (κ3) is 1.88. The van der Waals surface area contributed by atoms with Gasteiger partial charge in [-0.25, -0.2) is 4.98 Å². The van der Waals surface area contributed by atoms with E-state index in [2.05, 4.69) is 36.2 Å². The Hall–Kier alpha value is -1.81. The van der Waals surface area contributed by atoms with E-state index in [0.29, 0.717) is 0 Å². The summed E-state index contributed by atoms with van der Waals surface area (Å²) in [4.78, 5) is 5.53. The molecule has 92 valence electrons. The van der Waals surface area contributed by atoms with Gasteiger partial charge in [0.2, 0.25) is 0 Å². The molecule has 3 nitrogen and oxygen atoms in total. The molecule has 0 saturated heterocycles. The van der Waals surface area contributed by atoms with E-state index in [9.17, 15) is 0 Å². The molecule has 0 radical (unpaired) electrons. The first-order valence-electron chi connectivity index (χ1n) is 6.09. The summed E-state index contributed by atoms with van der Waals surface area (Å²) in [5.41, 5.74) is 9.37. The van der Waals surface area contributed by atoms with Crippen molar-refractivity contribution in [3.63, 3.8) is 0 Å². The Labute approximate surface area is 110 Å². The average Bonchev–Trinajstić information content (AvgIpc) is 2.94. The summed E-state index contributed by atoms with van der Waals surface area (Å²) in [5, 5.41) is 1.91. The van der Waals surface area contributed by atoms with Gasteiger partial charge in [0.05, 0.1) is 5.69 Å².